The molecule has 0 spiro atoms. The van der Waals surface area contributed by atoms with Gasteiger partial charge in [-0.05, 0) is 31.2 Å². The molecule has 19 heavy (non-hydrogen) atoms. The first kappa shape index (κ1) is 15.7. The number of amides is 2. The molecule has 1 aliphatic rings. The molecule has 1 fully saturated rings. The number of nitrogens with one attached hydrogen (secondary N) is 3. The number of rotatable bonds is 3. The summed E-state index contributed by atoms with van der Waals surface area (Å²) in [4.78, 5) is 11.5. The summed E-state index contributed by atoms with van der Waals surface area (Å²) in [5, 5.41) is 18.1. The number of halogens is 2. The Morgan fingerprint density at radius 2 is 2.32 bits per heavy atom. The van der Waals surface area contributed by atoms with E-state index in [0.717, 1.165) is 6.54 Å². The first-order valence-electron chi connectivity index (χ1n) is 5.81. The molecule has 1 aromatic carbocycles. The van der Waals surface area contributed by atoms with Gasteiger partial charge in [-0.1, -0.05) is 6.07 Å². The number of anilines is 1. The van der Waals surface area contributed by atoms with Crippen LogP contribution in [0.15, 0.2) is 24.3 Å². The highest BCUT2D eigenvalue weighted by Gasteiger charge is 2.31. The van der Waals surface area contributed by atoms with Crippen LogP contribution in [-0.2, 0) is 0 Å². The maximum absolute atomic E-state index is 12.9. The minimum absolute atomic E-state index is 0. The van der Waals surface area contributed by atoms with Gasteiger partial charge in [0.2, 0.25) is 0 Å². The van der Waals surface area contributed by atoms with Gasteiger partial charge in [0.15, 0.2) is 0 Å². The van der Waals surface area contributed by atoms with E-state index in [-0.39, 0.29) is 19.0 Å². The molecule has 0 aromatic heterocycles. The predicted molar refractivity (Wildman–Crippen MR) is 73.1 cm³/mol. The molecule has 2 rings (SSSR count). The lowest BCUT2D eigenvalue weighted by Gasteiger charge is -2.21. The van der Waals surface area contributed by atoms with Gasteiger partial charge in [-0.15, -0.1) is 12.4 Å². The van der Waals surface area contributed by atoms with Crippen LogP contribution in [0.2, 0.25) is 0 Å². The molecule has 0 bridgehead atoms. The Morgan fingerprint density at radius 3 is 2.95 bits per heavy atom. The minimum atomic E-state index is -0.890. The average molecular weight is 290 g/mol. The molecule has 2 amide bonds. The molecule has 106 valence electrons. The van der Waals surface area contributed by atoms with Crippen LogP contribution in [0, 0.1) is 5.82 Å². The topological polar surface area (TPSA) is 73.4 Å². The molecular weight excluding hydrogens is 273 g/mol. The number of hydrogen-bond donors (Lipinski definition) is 4. The number of urea groups is 1. The third kappa shape index (κ3) is 4.66. The number of benzene rings is 1. The van der Waals surface area contributed by atoms with Crippen LogP contribution in [0.5, 0.6) is 0 Å². The van der Waals surface area contributed by atoms with Gasteiger partial charge in [0, 0.05) is 18.8 Å². The first-order chi connectivity index (χ1) is 8.57. The summed E-state index contributed by atoms with van der Waals surface area (Å²) in [6.07, 6.45) is 0.604. The fourth-order valence-corrected chi connectivity index (χ4v) is 1.87. The zero-order valence-corrected chi connectivity index (χ0v) is 11.1. The Bertz CT molecular complexity index is 439. The van der Waals surface area contributed by atoms with E-state index < -0.39 is 17.4 Å². The van der Waals surface area contributed by atoms with E-state index in [2.05, 4.69) is 16.0 Å². The lowest BCUT2D eigenvalue weighted by Crippen LogP contribution is -2.45. The molecule has 1 heterocycles. The van der Waals surface area contributed by atoms with Crippen LogP contribution in [-0.4, -0.2) is 36.4 Å². The molecule has 7 heteroatoms. The van der Waals surface area contributed by atoms with E-state index in [9.17, 15) is 14.3 Å². The number of aliphatic hydroxyl groups is 1. The highest BCUT2D eigenvalue weighted by Crippen LogP contribution is 2.13. The Hall–Kier alpha value is -1.37. The fraction of sp³-hybridized carbons (Fsp3) is 0.417. The second-order valence-corrected chi connectivity index (χ2v) is 4.47. The largest absolute Gasteiger partial charge is 0.387 e. The van der Waals surface area contributed by atoms with Crippen LogP contribution < -0.4 is 16.0 Å². The first-order valence-corrected chi connectivity index (χ1v) is 5.81. The van der Waals surface area contributed by atoms with Crippen molar-refractivity contribution in [2.75, 3.05) is 25.0 Å². The zero-order chi connectivity index (χ0) is 13.0. The molecule has 1 aliphatic heterocycles. The van der Waals surface area contributed by atoms with Gasteiger partial charge in [-0.3, -0.25) is 0 Å². The summed E-state index contributed by atoms with van der Waals surface area (Å²) in [5.41, 5.74) is -0.511. The van der Waals surface area contributed by atoms with Crippen molar-refractivity contribution in [3.05, 3.63) is 30.1 Å². The van der Waals surface area contributed by atoms with Crippen molar-refractivity contribution < 1.29 is 14.3 Å². The molecule has 1 saturated heterocycles. The molecule has 1 unspecified atom stereocenters. The van der Waals surface area contributed by atoms with Crippen LogP contribution >= 0.6 is 12.4 Å². The summed E-state index contributed by atoms with van der Waals surface area (Å²) < 4.78 is 12.9. The Morgan fingerprint density at radius 1 is 1.53 bits per heavy atom. The molecule has 0 radical (unpaired) electrons. The van der Waals surface area contributed by atoms with E-state index in [1.165, 1.54) is 18.2 Å². The molecule has 0 saturated carbocycles. The van der Waals surface area contributed by atoms with Gasteiger partial charge in [0.05, 0.1) is 5.60 Å². The molecule has 1 aromatic rings. The van der Waals surface area contributed by atoms with Crippen molar-refractivity contribution in [2.45, 2.75) is 12.0 Å². The van der Waals surface area contributed by atoms with Crippen LogP contribution in [0.25, 0.3) is 0 Å². The predicted octanol–water partition coefficient (Wildman–Crippen LogP) is 1.09. The highest BCUT2D eigenvalue weighted by molar-refractivity contribution is 5.89. The van der Waals surface area contributed by atoms with Crippen LogP contribution in [0.3, 0.4) is 0 Å². The van der Waals surface area contributed by atoms with E-state index in [4.69, 9.17) is 0 Å². The van der Waals surface area contributed by atoms with Gasteiger partial charge in [-0.2, -0.15) is 0 Å². The summed E-state index contributed by atoms with van der Waals surface area (Å²) in [6, 6.07) is 5.18. The maximum Gasteiger partial charge on any atom is 0.319 e. The molecule has 1 atom stereocenters. The minimum Gasteiger partial charge on any atom is -0.387 e. The number of carbonyl (C=O) groups is 1. The Kier molecular flexibility index (Phi) is 5.53. The van der Waals surface area contributed by atoms with Crippen molar-refractivity contribution in [3.63, 3.8) is 0 Å². The monoisotopic (exact) mass is 289 g/mol. The van der Waals surface area contributed by atoms with Gasteiger partial charge < -0.3 is 21.1 Å². The fourth-order valence-electron chi connectivity index (χ4n) is 1.87. The summed E-state index contributed by atoms with van der Waals surface area (Å²) in [5.74, 6) is -0.411. The van der Waals surface area contributed by atoms with E-state index in [1.54, 1.807) is 6.07 Å². The second kappa shape index (κ2) is 6.70. The standard InChI is InChI=1S/C12H16FN3O2.ClH/c13-9-2-1-3-10(6-9)16-11(17)15-8-12(18)4-5-14-7-12;/h1-3,6,14,18H,4-5,7-8H2,(H2,15,16,17);1H. The van der Waals surface area contributed by atoms with Crippen LogP contribution in [0.1, 0.15) is 6.42 Å². The summed E-state index contributed by atoms with van der Waals surface area (Å²) in [7, 11) is 0. The SMILES string of the molecule is Cl.O=C(NCC1(O)CCNC1)Nc1cccc(F)c1. The quantitative estimate of drug-likeness (QED) is 0.673. The van der Waals surface area contributed by atoms with Crippen molar-refractivity contribution in [1.29, 1.82) is 0 Å². The molecular formula is C12H17ClFN3O2. The molecule has 4 N–H and O–H groups in total. The van der Waals surface area contributed by atoms with Gasteiger partial charge >= 0.3 is 6.03 Å². The summed E-state index contributed by atoms with van der Waals surface area (Å²) in [6.45, 7) is 1.37. The van der Waals surface area contributed by atoms with E-state index in [1.807, 2.05) is 0 Å². The maximum atomic E-state index is 12.9. The lowest BCUT2D eigenvalue weighted by molar-refractivity contribution is 0.0640. The van der Waals surface area contributed by atoms with Crippen molar-refractivity contribution in [2.24, 2.45) is 0 Å². The van der Waals surface area contributed by atoms with Crippen molar-refractivity contribution >= 4 is 24.1 Å². The van der Waals surface area contributed by atoms with E-state index in [0.29, 0.717) is 18.7 Å². The third-order valence-electron chi connectivity index (χ3n) is 2.88. The van der Waals surface area contributed by atoms with Gasteiger partial charge in [-0.25, -0.2) is 9.18 Å². The average Bonchev–Trinajstić information content (AvgIpc) is 2.74. The zero-order valence-electron chi connectivity index (χ0n) is 10.3. The number of hydrogen-bond acceptors (Lipinski definition) is 3. The Labute approximate surface area is 117 Å². The Balaban J connectivity index is 0.00000180. The number of β-amino-alcohol motifs (C(OH)–C–C–N with tert-alkyl or cyclic N) is 1. The van der Waals surface area contributed by atoms with E-state index >= 15 is 0 Å². The molecule has 5 nitrogen and oxygen atoms in total. The van der Waals surface area contributed by atoms with Crippen LogP contribution in [0.4, 0.5) is 14.9 Å². The highest BCUT2D eigenvalue weighted by atomic mass is 35.5. The summed E-state index contributed by atoms with van der Waals surface area (Å²) >= 11 is 0. The van der Waals surface area contributed by atoms with Gasteiger partial charge in [0.1, 0.15) is 5.82 Å². The lowest BCUT2D eigenvalue weighted by atomic mass is 10.0. The third-order valence-corrected chi connectivity index (χ3v) is 2.88. The van der Waals surface area contributed by atoms with Crippen molar-refractivity contribution in [1.82, 2.24) is 10.6 Å². The second-order valence-electron chi connectivity index (χ2n) is 4.47. The van der Waals surface area contributed by atoms with Gasteiger partial charge in [0.25, 0.3) is 0 Å². The van der Waals surface area contributed by atoms with Crippen molar-refractivity contribution in [3.8, 4) is 0 Å². The normalized spacial score (nSPS) is 21.6. The molecule has 0 aliphatic carbocycles. The smallest absolute Gasteiger partial charge is 0.319 e. The number of carbonyl (C=O) groups excluding carboxylic acids is 1.